The SMILES string of the molecule is CCCCCOCCOCCOCCCCC(=O)CCC(C)=O.CCCCCOCCOCCOCCCCC(=O)COCC(C)=O.CCCCOCCOCCC(C)=O.CCCCOCCOCCOCCOCCOCCOCCOCCNC(=O)COCC(C)=O.CCCCOCCOCCOCCOCCOCCOCCOCCOCCOCCOCCOCCNC(=O)COCC(C)=O. The van der Waals surface area contributed by atoms with Crippen LogP contribution in [0.5, 0.6) is 0 Å². The Balaban J connectivity index is -0.000000572. The fourth-order valence-electron chi connectivity index (χ4n) is 10.1. The minimum atomic E-state index is -0.285. The van der Waals surface area contributed by atoms with Crippen LogP contribution in [0.3, 0.4) is 0 Å². The van der Waals surface area contributed by atoms with E-state index in [2.05, 4.69) is 45.3 Å². The summed E-state index contributed by atoms with van der Waals surface area (Å²) in [5, 5.41) is 5.26. The molecule has 0 rings (SSSR count). The summed E-state index contributed by atoms with van der Waals surface area (Å²) < 4.78 is 155. The summed E-state index contributed by atoms with van der Waals surface area (Å²) in [6, 6.07) is 0. The van der Waals surface area contributed by atoms with Crippen molar-refractivity contribution in [3.05, 3.63) is 0 Å². The molecule has 0 saturated carbocycles. The van der Waals surface area contributed by atoms with E-state index in [9.17, 15) is 43.2 Å². The van der Waals surface area contributed by atoms with E-state index in [1.54, 1.807) is 6.92 Å². The number of ketones is 7. The van der Waals surface area contributed by atoms with Crippen LogP contribution in [0.4, 0.5) is 0 Å². The molecular weight excluding hydrogens is 1840 g/mol. The molecule has 0 unspecified atom stereocenters. The maximum Gasteiger partial charge on any atom is 0.246 e. The van der Waals surface area contributed by atoms with Gasteiger partial charge in [-0.2, -0.15) is 0 Å². The summed E-state index contributed by atoms with van der Waals surface area (Å²) in [6.07, 6.45) is 19.4. The standard InChI is InChI=1S/C31H61NO14.C23H45NO10.C18H34O6.C18H34O5.C10H20O3/c1-3-4-6-35-8-10-37-12-14-39-16-18-41-20-22-43-24-26-45-27-25-44-23-21-42-19-17-40-15-13-38-11-9-36-7-5-32-31(34)29-46-28-30(2)33;1-3-4-6-27-8-10-29-12-14-31-16-18-33-19-17-32-15-13-30-11-9-28-7-5-24-23(26)21-34-20-22(2)25;1-3-4-6-9-21-11-13-23-14-12-22-10-7-5-8-18(20)16-24-15-17(2)19;1-3-4-6-11-21-13-15-23-16-14-22-12-7-5-8-18(20)10-9-17(2)19;1-3-4-6-12-8-9-13-7-5-10(2)11/h3-29H2,1-2H3,(H,32,34);3-21H2,1-2H3,(H,24,26);3-16H2,1-2H3;3-16H2,1-2H3;3-9H2,1-2H3. The molecule has 0 heterocycles. The highest BCUT2D eigenvalue weighted by Gasteiger charge is 2.10. The lowest BCUT2D eigenvalue weighted by molar-refractivity contribution is -0.130. The number of carbonyl (C=O) groups excluding carboxylic acids is 9. The molecule has 140 heavy (non-hydrogen) atoms. The lowest BCUT2D eigenvalue weighted by atomic mass is 10.1. The number of unbranched alkanes of at least 4 members (excludes halogenated alkanes) is 9. The van der Waals surface area contributed by atoms with Gasteiger partial charge in [0.05, 0.1) is 297 Å². The van der Waals surface area contributed by atoms with Gasteiger partial charge in [-0.15, -0.1) is 0 Å². The Bertz CT molecular complexity index is 2540. The van der Waals surface area contributed by atoms with Crippen molar-refractivity contribution >= 4 is 52.3 Å². The van der Waals surface area contributed by atoms with E-state index in [0.717, 1.165) is 110 Å². The molecule has 832 valence electrons. The Morgan fingerprint density at radius 3 is 0.529 bits per heavy atom. The summed E-state index contributed by atoms with van der Waals surface area (Å²) >= 11 is 0. The molecule has 0 aliphatic carbocycles. The average molecular weight is 2030 g/mol. The van der Waals surface area contributed by atoms with Crippen LogP contribution in [-0.2, 0) is 181 Å². The maximum atomic E-state index is 11.4. The van der Waals surface area contributed by atoms with Crippen LogP contribution in [0.2, 0.25) is 0 Å². The number of amides is 2. The van der Waals surface area contributed by atoms with E-state index in [4.69, 9.17) is 137 Å². The summed E-state index contributed by atoms with van der Waals surface area (Å²) in [4.78, 5) is 99.0. The molecule has 0 atom stereocenters. The number of rotatable bonds is 114. The van der Waals surface area contributed by atoms with Crippen LogP contribution in [0.25, 0.3) is 0 Å². The minimum absolute atomic E-state index is 0.0125. The zero-order valence-electron chi connectivity index (χ0n) is 88.3. The van der Waals surface area contributed by atoms with Crippen molar-refractivity contribution < 1.29 is 181 Å². The van der Waals surface area contributed by atoms with Crippen LogP contribution in [-0.4, -0.2) is 449 Å². The molecular formula is C100H194N2O38. The molecule has 0 aromatic rings. The highest BCUT2D eigenvalue weighted by molar-refractivity contribution is 5.85. The van der Waals surface area contributed by atoms with Crippen molar-refractivity contribution in [2.24, 2.45) is 0 Å². The fourth-order valence-corrected chi connectivity index (χ4v) is 10.1. The van der Waals surface area contributed by atoms with Gasteiger partial charge in [0.1, 0.15) is 57.0 Å². The predicted octanol–water partition coefficient (Wildman–Crippen LogP) is 9.02. The van der Waals surface area contributed by atoms with E-state index in [-0.39, 0.29) is 91.9 Å². The van der Waals surface area contributed by atoms with Gasteiger partial charge in [0.25, 0.3) is 0 Å². The lowest BCUT2D eigenvalue weighted by Crippen LogP contribution is -2.31. The molecule has 2 amide bonds. The molecule has 40 heteroatoms. The van der Waals surface area contributed by atoms with Gasteiger partial charge in [-0.25, -0.2) is 0 Å². The van der Waals surface area contributed by atoms with Gasteiger partial charge in [0.15, 0.2) is 23.1 Å². The van der Waals surface area contributed by atoms with Crippen molar-refractivity contribution in [1.29, 1.82) is 0 Å². The summed E-state index contributed by atoms with van der Waals surface area (Å²) in [5.74, 6) is -0.427. The van der Waals surface area contributed by atoms with E-state index in [1.165, 1.54) is 53.4 Å². The third-order valence-electron chi connectivity index (χ3n) is 17.6. The number of hydrogen-bond donors (Lipinski definition) is 2. The van der Waals surface area contributed by atoms with Crippen LogP contribution in [0.1, 0.15) is 204 Å². The lowest BCUT2D eigenvalue weighted by Gasteiger charge is -2.09. The number of carbonyl (C=O) groups is 9. The van der Waals surface area contributed by atoms with Crippen molar-refractivity contribution in [2.45, 2.75) is 204 Å². The molecule has 0 saturated heterocycles. The Morgan fingerprint density at radius 1 is 0.143 bits per heavy atom. The summed E-state index contributed by atoms with van der Waals surface area (Å²) in [5.41, 5.74) is 0. The second kappa shape index (κ2) is 132. The van der Waals surface area contributed by atoms with Gasteiger partial charge in [-0.05, 0) is 92.4 Å². The Morgan fingerprint density at radius 2 is 0.321 bits per heavy atom. The number of ether oxygens (including phenoxy) is 29. The fraction of sp³-hybridized carbons (Fsp3) is 0.910. The molecule has 0 aliphatic heterocycles. The smallest absolute Gasteiger partial charge is 0.246 e. The maximum absolute atomic E-state index is 11.4. The molecule has 2 N–H and O–H groups in total. The quantitative estimate of drug-likeness (QED) is 0.0536. The topological polar surface area (TPSA) is 445 Å². The van der Waals surface area contributed by atoms with Gasteiger partial charge in [0, 0.05) is 91.4 Å². The molecule has 0 aliphatic rings. The molecule has 0 radical (unpaired) electrons. The molecule has 0 aromatic carbocycles. The normalized spacial score (nSPS) is 11.0. The number of nitrogens with one attached hydrogen (secondary N) is 2. The van der Waals surface area contributed by atoms with Gasteiger partial charge in [-0.1, -0.05) is 79.6 Å². The van der Waals surface area contributed by atoms with Crippen LogP contribution in [0, 0.1) is 0 Å². The van der Waals surface area contributed by atoms with E-state index in [0.29, 0.717) is 356 Å². The van der Waals surface area contributed by atoms with E-state index >= 15 is 0 Å². The predicted molar refractivity (Wildman–Crippen MR) is 529 cm³/mol. The largest absolute Gasteiger partial charge is 0.379 e. The summed E-state index contributed by atoms with van der Waals surface area (Å²) in [7, 11) is 0. The molecule has 0 spiro atoms. The number of hydrogen-bond acceptors (Lipinski definition) is 38. The second-order valence-corrected chi connectivity index (χ2v) is 31.3. The monoisotopic (exact) mass is 2030 g/mol. The van der Waals surface area contributed by atoms with Crippen molar-refractivity contribution in [2.75, 3.05) is 396 Å². The van der Waals surface area contributed by atoms with Crippen LogP contribution >= 0.6 is 0 Å². The van der Waals surface area contributed by atoms with Crippen molar-refractivity contribution in [1.82, 2.24) is 10.6 Å². The first-order chi connectivity index (χ1) is 68.4. The summed E-state index contributed by atoms with van der Waals surface area (Å²) in [6.45, 7) is 47.3. The Kier molecular flexibility index (Phi) is 136. The number of Topliss-reactive ketones (excluding diaryl/α,β-unsaturated/α-hetero) is 7. The highest BCUT2D eigenvalue weighted by Crippen LogP contribution is 2.05. The van der Waals surface area contributed by atoms with Gasteiger partial charge < -0.3 is 153 Å². The average Bonchev–Trinajstić information content (AvgIpc) is 1.05. The van der Waals surface area contributed by atoms with Crippen LogP contribution < -0.4 is 10.6 Å². The van der Waals surface area contributed by atoms with Crippen molar-refractivity contribution in [3.8, 4) is 0 Å². The van der Waals surface area contributed by atoms with Gasteiger partial charge in [0.2, 0.25) is 11.8 Å². The molecule has 0 fully saturated rings. The molecule has 0 bridgehead atoms. The van der Waals surface area contributed by atoms with E-state index in [1.807, 2.05) is 0 Å². The van der Waals surface area contributed by atoms with Gasteiger partial charge >= 0.3 is 0 Å². The molecule has 0 aromatic heterocycles. The molecule has 40 nitrogen and oxygen atoms in total. The first-order valence-corrected chi connectivity index (χ1v) is 51.2. The first kappa shape index (κ1) is 144. The third kappa shape index (κ3) is 151. The zero-order chi connectivity index (χ0) is 103. The first-order valence-electron chi connectivity index (χ1n) is 51.2. The Hall–Kier alpha value is -4.53. The zero-order valence-corrected chi connectivity index (χ0v) is 88.3. The van der Waals surface area contributed by atoms with E-state index < -0.39 is 0 Å². The Labute approximate surface area is 840 Å². The second-order valence-electron chi connectivity index (χ2n) is 31.3. The minimum Gasteiger partial charge on any atom is -0.379 e. The third-order valence-corrected chi connectivity index (χ3v) is 17.6. The van der Waals surface area contributed by atoms with Gasteiger partial charge in [-0.3, -0.25) is 38.4 Å². The van der Waals surface area contributed by atoms with Crippen molar-refractivity contribution in [3.63, 3.8) is 0 Å². The highest BCUT2D eigenvalue weighted by atomic mass is 16.6. The van der Waals surface area contributed by atoms with Crippen LogP contribution in [0.15, 0.2) is 0 Å².